The highest BCUT2D eigenvalue weighted by atomic mass is 16.1. The minimum Gasteiger partial charge on any atom is -0.287 e. The van der Waals surface area contributed by atoms with Crippen LogP contribution in [0.3, 0.4) is 0 Å². The van der Waals surface area contributed by atoms with E-state index in [1.165, 1.54) is 6.20 Å². The molecule has 0 aliphatic carbocycles. The smallest absolute Gasteiger partial charge is 0.214 e. The first-order valence-electron chi connectivity index (χ1n) is 4.77. The third-order valence-corrected chi connectivity index (χ3v) is 2.15. The number of hydrogen-bond acceptors (Lipinski definition) is 3. The second-order valence-electron chi connectivity index (χ2n) is 3.57. The van der Waals surface area contributed by atoms with Crippen LogP contribution < -0.4 is 0 Å². The van der Waals surface area contributed by atoms with Crippen LogP contribution in [0.1, 0.15) is 35.9 Å². The summed E-state index contributed by atoms with van der Waals surface area (Å²) in [5, 5.41) is 10.5. The number of aromatic amines is 1. The number of rotatable bonds is 3. The van der Waals surface area contributed by atoms with Crippen molar-refractivity contribution in [3.05, 3.63) is 35.9 Å². The van der Waals surface area contributed by atoms with E-state index in [4.69, 9.17) is 0 Å². The lowest BCUT2D eigenvalue weighted by Gasteiger charge is -2.08. The van der Waals surface area contributed by atoms with Crippen LogP contribution in [0.15, 0.2) is 24.7 Å². The van der Waals surface area contributed by atoms with Gasteiger partial charge >= 0.3 is 0 Å². The quantitative estimate of drug-likeness (QED) is 0.769. The van der Waals surface area contributed by atoms with Gasteiger partial charge in [0.05, 0.1) is 11.8 Å². The zero-order valence-electron chi connectivity index (χ0n) is 8.64. The second kappa shape index (κ2) is 3.68. The number of nitrogens with one attached hydrogen (secondary N) is 1. The molecule has 0 spiro atoms. The topological polar surface area (TPSA) is 63.6 Å². The van der Waals surface area contributed by atoms with Gasteiger partial charge in [-0.1, -0.05) is 0 Å². The van der Waals surface area contributed by atoms with Crippen LogP contribution in [0.5, 0.6) is 0 Å². The first kappa shape index (κ1) is 9.64. The molecule has 0 saturated heterocycles. The molecule has 2 aromatic heterocycles. The van der Waals surface area contributed by atoms with Gasteiger partial charge in [0.15, 0.2) is 0 Å². The van der Waals surface area contributed by atoms with Crippen molar-refractivity contribution in [2.45, 2.75) is 19.9 Å². The fourth-order valence-electron chi connectivity index (χ4n) is 1.43. The van der Waals surface area contributed by atoms with Crippen LogP contribution >= 0.6 is 0 Å². The van der Waals surface area contributed by atoms with Crippen LogP contribution in [0.2, 0.25) is 0 Å². The monoisotopic (exact) mass is 204 g/mol. The van der Waals surface area contributed by atoms with E-state index in [0.29, 0.717) is 11.3 Å². The zero-order valence-corrected chi connectivity index (χ0v) is 8.64. The van der Waals surface area contributed by atoms with Crippen molar-refractivity contribution in [3.63, 3.8) is 0 Å². The molecule has 15 heavy (non-hydrogen) atoms. The Morgan fingerprint density at radius 2 is 2.33 bits per heavy atom. The largest absolute Gasteiger partial charge is 0.287 e. The highest BCUT2D eigenvalue weighted by Gasteiger charge is 2.16. The van der Waals surface area contributed by atoms with Gasteiger partial charge in [0, 0.05) is 18.4 Å². The van der Waals surface area contributed by atoms with Crippen LogP contribution in [-0.2, 0) is 0 Å². The van der Waals surface area contributed by atoms with E-state index in [1.54, 1.807) is 23.1 Å². The molecule has 0 aliphatic rings. The fourth-order valence-corrected chi connectivity index (χ4v) is 1.43. The first-order chi connectivity index (χ1) is 7.20. The van der Waals surface area contributed by atoms with Crippen molar-refractivity contribution in [1.29, 1.82) is 0 Å². The molecule has 2 aromatic rings. The minimum atomic E-state index is -0.0602. The van der Waals surface area contributed by atoms with Crippen LogP contribution in [-0.4, -0.2) is 25.8 Å². The molecule has 0 unspecified atom stereocenters. The average molecular weight is 204 g/mol. The SMILES string of the molecule is CC(C)n1nccc1C(=O)c1cn[nH]c1. The first-order valence-corrected chi connectivity index (χ1v) is 4.77. The Hall–Kier alpha value is -1.91. The molecule has 5 heteroatoms. The summed E-state index contributed by atoms with van der Waals surface area (Å²) >= 11 is 0. The van der Waals surface area contributed by atoms with E-state index in [9.17, 15) is 4.79 Å². The number of carbonyl (C=O) groups excluding carboxylic acids is 1. The summed E-state index contributed by atoms with van der Waals surface area (Å²) in [7, 11) is 0. The van der Waals surface area contributed by atoms with E-state index in [1.807, 2.05) is 13.8 Å². The summed E-state index contributed by atoms with van der Waals surface area (Å²) in [6.45, 7) is 3.97. The van der Waals surface area contributed by atoms with E-state index < -0.39 is 0 Å². The summed E-state index contributed by atoms with van der Waals surface area (Å²) in [6, 6.07) is 1.89. The minimum absolute atomic E-state index is 0.0602. The molecule has 0 aliphatic heterocycles. The molecular formula is C10H12N4O. The van der Waals surface area contributed by atoms with Gasteiger partial charge in [-0.2, -0.15) is 10.2 Å². The van der Waals surface area contributed by atoms with Crippen molar-refractivity contribution in [2.75, 3.05) is 0 Å². The lowest BCUT2D eigenvalue weighted by molar-refractivity contribution is 0.102. The van der Waals surface area contributed by atoms with Crippen LogP contribution in [0.25, 0.3) is 0 Å². The lowest BCUT2D eigenvalue weighted by atomic mass is 10.1. The molecule has 0 fully saturated rings. The molecule has 5 nitrogen and oxygen atoms in total. The van der Waals surface area contributed by atoms with Gasteiger partial charge in [-0.25, -0.2) is 0 Å². The highest BCUT2D eigenvalue weighted by molar-refractivity contribution is 6.07. The molecule has 0 radical (unpaired) electrons. The predicted molar refractivity (Wildman–Crippen MR) is 54.6 cm³/mol. The van der Waals surface area contributed by atoms with Gasteiger partial charge in [0.2, 0.25) is 5.78 Å². The molecule has 1 N–H and O–H groups in total. The number of aromatic nitrogens is 4. The Labute approximate surface area is 87.1 Å². The Morgan fingerprint density at radius 3 is 2.93 bits per heavy atom. The predicted octanol–water partition coefficient (Wildman–Crippen LogP) is 1.42. The van der Waals surface area contributed by atoms with E-state index in [2.05, 4.69) is 15.3 Å². The maximum absolute atomic E-state index is 12.0. The number of ketones is 1. The Bertz CT molecular complexity index is 455. The number of H-pyrrole nitrogens is 1. The van der Waals surface area contributed by atoms with Crippen molar-refractivity contribution in [1.82, 2.24) is 20.0 Å². The van der Waals surface area contributed by atoms with Crippen molar-refractivity contribution in [3.8, 4) is 0 Å². The standard InChI is InChI=1S/C10H12N4O/c1-7(2)14-9(3-4-13-14)10(15)8-5-11-12-6-8/h3-7H,1-2H3,(H,11,12). The van der Waals surface area contributed by atoms with E-state index >= 15 is 0 Å². The summed E-state index contributed by atoms with van der Waals surface area (Å²) in [6.07, 6.45) is 4.73. The Kier molecular flexibility index (Phi) is 2.37. The van der Waals surface area contributed by atoms with E-state index in [-0.39, 0.29) is 11.8 Å². The van der Waals surface area contributed by atoms with Gasteiger partial charge in [-0.3, -0.25) is 14.6 Å². The van der Waals surface area contributed by atoms with Crippen molar-refractivity contribution >= 4 is 5.78 Å². The molecule has 2 rings (SSSR count). The molecule has 0 bridgehead atoms. The number of nitrogens with zero attached hydrogens (tertiary/aromatic N) is 3. The molecule has 2 heterocycles. The summed E-state index contributed by atoms with van der Waals surface area (Å²) in [5.41, 5.74) is 1.14. The van der Waals surface area contributed by atoms with Gasteiger partial charge in [0.25, 0.3) is 0 Å². The van der Waals surface area contributed by atoms with Gasteiger partial charge < -0.3 is 0 Å². The number of carbonyl (C=O) groups is 1. The summed E-state index contributed by atoms with van der Waals surface area (Å²) in [5.74, 6) is -0.0602. The molecule has 0 atom stereocenters. The Balaban J connectivity index is 2.38. The van der Waals surface area contributed by atoms with E-state index in [0.717, 1.165) is 0 Å². The highest BCUT2D eigenvalue weighted by Crippen LogP contribution is 2.12. The summed E-state index contributed by atoms with van der Waals surface area (Å²) < 4.78 is 1.70. The molecule has 78 valence electrons. The normalized spacial score (nSPS) is 10.9. The maximum Gasteiger partial charge on any atom is 0.214 e. The second-order valence-corrected chi connectivity index (χ2v) is 3.57. The summed E-state index contributed by atoms with van der Waals surface area (Å²) in [4.78, 5) is 12.0. The molecule has 0 amide bonds. The van der Waals surface area contributed by atoms with Crippen molar-refractivity contribution < 1.29 is 4.79 Å². The molecular weight excluding hydrogens is 192 g/mol. The van der Waals surface area contributed by atoms with Crippen molar-refractivity contribution in [2.24, 2.45) is 0 Å². The fraction of sp³-hybridized carbons (Fsp3) is 0.300. The molecule has 0 aromatic carbocycles. The van der Waals surface area contributed by atoms with Gasteiger partial charge in [0.1, 0.15) is 5.69 Å². The van der Waals surface area contributed by atoms with Gasteiger partial charge in [-0.15, -0.1) is 0 Å². The third kappa shape index (κ3) is 1.68. The van der Waals surface area contributed by atoms with Gasteiger partial charge in [-0.05, 0) is 19.9 Å². The average Bonchev–Trinajstić information content (AvgIpc) is 2.88. The molecule has 0 saturated carbocycles. The lowest BCUT2D eigenvalue weighted by Crippen LogP contribution is -2.12. The van der Waals surface area contributed by atoms with Crippen LogP contribution in [0.4, 0.5) is 0 Å². The number of hydrogen-bond donors (Lipinski definition) is 1. The zero-order chi connectivity index (χ0) is 10.8. The van der Waals surface area contributed by atoms with Crippen LogP contribution in [0, 0.1) is 0 Å². The maximum atomic E-state index is 12.0. The Morgan fingerprint density at radius 1 is 1.53 bits per heavy atom. The third-order valence-electron chi connectivity index (χ3n) is 2.15.